The summed E-state index contributed by atoms with van der Waals surface area (Å²) in [5.74, 6) is 2.57. The van der Waals surface area contributed by atoms with Crippen molar-refractivity contribution >= 4 is 23.7 Å². The van der Waals surface area contributed by atoms with Gasteiger partial charge in [-0.3, -0.25) is 9.78 Å². The van der Waals surface area contributed by atoms with E-state index in [-0.39, 0.29) is 5.91 Å². The third kappa shape index (κ3) is 6.96. The van der Waals surface area contributed by atoms with E-state index in [9.17, 15) is 4.79 Å². The van der Waals surface area contributed by atoms with Crippen LogP contribution in [-0.4, -0.2) is 32.8 Å². The van der Waals surface area contributed by atoms with Gasteiger partial charge in [0.25, 0.3) is 0 Å². The fourth-order valence-corrected chi connectivity index (χ4v) is 3.77. The Morgan fingerprint density at radius 1 is 1.16 bits per heavy atom. The monoisotopic (exact) mass is 437 g/mol. The number of hydrogen-bond acceptors (Lipinski definition) is 6. The zero-order chi connectivity index (χ0) is 22.1. The Bertz CT molecular complexity index is 1000. The molecule has 0 saturated carbocycles. The van der Waals surface area contributed by atoms with E-state index in [1.165, 1.54) is 11.6 Å². The lowest BCUT2D eigenvalue weighted by Gasteiger charge is -2.12. The normalized spacial score (nSPS) is 11.2. The minimum absolute atomic E-state index is 0.180. The minimum Gasteiger partial charge on any atom is -0.497 e. The molecule has 0 atom stereocenters. The molecule has 0 fully saturated rings. The van der Waals surface area contributed by atoms with Crippen molar-refractivity contribution in [1.82, 2.24) is 25.1 Å². The van der Waals surface area contributed by atoms with Crippen LogP contribution in [0.4, 0.5) is 0 Å². The molecule has 3 rings (SSSR count). The van der Waals surface area contributed by atoms with Gasteiger partial charge in [0.2, 0.25) is 5.91 Å². The van der Waals surface area contributed by atoms with E-state index >= 15 is 0 Å². The van der Waals surface area contributed by atoms with E-state index in [2.05, 4.69) is 38.9 Å². The van der Waals surface area contributed by atoms with Gasteiger partial charge in [0.05, 0.1) is 13.7 Å². The molecule has 162 valence electrons. The molecule has 3 aromatic rings. The summed E-state index contributed by atoms with van der Waals surface area (Å²) in [5.41, 5.74) is 2.10. The lowest BCUT2D eigenvalue weighted by Crippen LogP contribution is -2.23. The lowest BCUT2D eigenvalue weighted by molar-refractivity contribution is -0.116. The van der Waals surface area contributed by atoms with E-state index in [0.29, 0.717) is 12.5 Å². The third-order valence-corrected chi connectivity index (χ3v) is 5.46. The van der Waals surface area contributed by atoms with Crippen LogP contribution in [0.2, 0.25) is 0 Å². The molecule has 8 heteroatoms. The molecule has 1 N–H and O–H groups in total. The Hall–Kier alpha value is -3.13. The van der Waals surface area contributed by atoms with Crippen molar-refractivity contribution in [2.24, 2.45) is 5.92 Å². The summed E-state index contributed by atoms with van der Waals surface area (Å²) in [6, 6.07) is 11.5. The topological polar surface area (TPSA) is 81.9 Å². The molecule has 1 aromatic carbocycles. The fraction of sp³-hybridized carbons (Fsp3) is 0.304. The molecule has 2 aromatic heterocycles. The van der Waals surface area contributed by atoms with Crippen molar-refractivity contribution < 1.29 is 9.53 Å². The number of thioether (sulfide) groups is 1. The number of rotatable bonds is 10. The van der Waals surface area contributed by atoms with Crippen LogP contribution in [0.1, 0.15) is 30.8 Å². The van der Waals surface area contributed by atoms with Gasteiger partial charge in [0, 0.05) is 30.8 Å². The van der Waals surface area contributed by atoms with Crippen LogP contribution in [0.3, 0.4) is 0 Å². The highest BCUT2D eigenvalue weighted by molar-refractivity contribution is 7.98. The van der Waals surface area contributed by atoms with E-state index < -0.39 is 0 Å². The first-order chi connectivity index (χ1) is 15.0. The average molecular weight is 438 g/mol. The van der Waals surface area contributed by atoms with Crippen molar-refractivity contribution in [3.63, 3.8) is 0 Å². The number of benzene rings is 1. The maximum absolute atomic E-state index is 12.3. The van der Waals surface area contributed by atoms with Crippen LogP contribution in [-0.2, 0) is 23.6 Å². The number of nitrogens with zero attached hydrogens (tertiary/aromatic N) is 4. The lowest BCUT2D eigenvalue weighted by atomic mass is 10.2. The second-order valence-electron chi connectivity index (χ2n) is 7.37. The zero-order valence-corrected chi connectivity index (χ0v) is 18.8. The molecule has 0 radical (unpaired) electrons. The number of hydrogen-bond donors (Lipinski definition) is 1. The predicted molar refractivity (Wildman–Crippen MR) is 123 cm³/mol. The van der Waals surface area contributed by atoms with E-state index in [4.69, 9.17) is 4.74 Å². The maximum atomic E-state index is 12.3. The number of nitrogens with one attached hydrogen (secondary N) is 1. The number of amides is 1. The molecular weight excluding hydrogens is 410 g/mol. The molecule has 0 saturated heterocycles. The molecule has 0 spiro atoms. The van der Waals surface area contributed by atoms with Crippen molar-refractivity contribution in [2.45, 2.75) is 37.8 Å². The van der Waals surface area contributed by atoms with Crippen molar-refractivity contribution in [1.29, 1.82) is 0 Å². The number of ether oxygens (including phenoxy) is 1. The molecule has 0 aliphatic heterocycles. The molecule has 1 amide bonds. The second-order valence-corrected chi connectivity index (χ2v) is 8.31. The van der Waals surface area contributed by atoms with Crippen molar-refractivity contribution in [3.05, 3.63) is 71.8 Å². The predicted octanol–water partition coefficient (Wildman–Crippen LogP) is 3.96. The van der Waals surface area contributed by atoms with E-state index in [0.717, 1.165) is 34.6 Å². The van der Waals surface area contributed by atoms with E-state index in [1.807, 2.05) is 36.4 Å². The van der Waals surface area contributed by atoms with Gasteiger partial charge in [0.15, 0.2) is 11.0 Å². The number of carbonyl (C=O) groups excluding carboxylic acids is 1. The van der Waals surface area contributed by atoms with E-state index in [1.54, 1.807) is 37.3 Å². The highest BCUT2D eigenvalue weighted by Gasteiger charge is 2.14. The number of methoxy groups -OCH3 is 1. The maximum Gasteiger partial charge on any atom is 0.244 e. The molecule has 0 unspecified atom stereocenters. The summed E-state index contributed by atoms with van der Waals surface area (Å²) >= 11 is 1.63. The van der Waals surface area contributed by atoms with Gasteiger partial charge < -0.3 is 14.6 Å². The zero-order valence-electron chi connectivity index (χ0n) is 18.0. The Morgan fingerprint density at radius 2 is 1.90 bits per heavy atom. The number of carbonyl (C=O) groups is 1. The molecule has 0 aliphatic carbocycles. The van der Waals surface area contributed by atoms with Gasteiger partial charge >= 0.3 is 0 Å². The van der Waals surface area contributed by atoms with Gasteiger partial charge in [-0.25, -0.2) is 0 Å². The van der Waals surface area contributed by atoms with Crippen LogP contribution in [0.15, 0.2) is 60.0 Å². The van der Waals surface area contributed by atoms with Gasteiger partial charge in [-0.1, -0.05) is 37.7 Å². The van der Waals surface area contributed by atoms with Crippen LogP contribution in [0.25, 0.3) is 6.08 Å². The molecule has 0 aliphatic rings. The summed E-state index contributed by atoms with van der Waals surface area (Å²) in [5, 5.41) is 12.4. The van der Waals surface area contributed by atoms with Gasteiger partial charge in [0.1, 0.15) is 5.75 Å². The largest absolute Gasteiger partial charge is 0.497 e. The smallest absolute Gasteiger partial charge is 0.244 e. The molecular formula is C23H27N5O2S. The average Bonchev–Trinajstić information content (AvgIpc) is 3.16. The Morgan fingerprint density at radius 3 is 2.58 bits per heavy atom. The van der Waals surface area contributed by atoms with Gasteiger partial charge in [-0.05, 0) is 47.4 Å². The molecule has 31 heavy (non-hydrogen) atoms. The first kappa shape index (κ1) is 22.6. The van der Waals surface area contributed by atoms with Crippen LogP contribution in [0, 0.1) is 5.92 Å². The Balaban J connectivity index is 1.60. The third-order valence-electron chi connectivity index (χ3n) is 4.42. The quantitative estimate of drug-likeness (QED) is 0.382. The summed E-state index contributed by atoms with van der Waals surface area (Å²) in [7, 11) is 1.62. The molecule has 2 heterocycles. The van der Waals surface area contributed by atoms with Crippen LogP contribution in [0.5, 0.6) is 5.75 Å². The number of pyridine rings is 1. The first-order valence-corrected chi connectivity index (χ1v) is 11.1. The molecule has 7 nitrogen and oxygen atoms in total. The minimum atomic E-state index is -0.180. The highest BCUT2D eigenvalue weighted by atomic mass is 32.2. The summed E-state index contributed by atoms with van der Waals surface area (Å²) in [6.45, 7) is 5.41. The summed E-state index contributed by atoms with van der Waals surface area (Å²) in [4.78, 5) is 16.3. The summed E-state index contributed by atoms with van der Waals surface area (Å²) in [6.07, 6.45) is 6.86. The highest BCUT2D eigenvalue weighted by Crippen LogP contribution is 2.22. The second kappa shape index (κ2) is 11.3. The standard InChI is InChI=1S/C23H27N5O2S/c1-17(2)15-28-21(26-27-23(28)31-16-19-10-12-24-13-11-19)14-25-22(29)9-6-18-4-7-20(30-3)8-5-18/h4-13,17H,14-16H2,1-3H3,(H,25,29). The van der Waals surface area contributed by atoms with Crippen LogP contribution < -0.4 is 10.1 Å². The van der Waals surface area contributed by atoms with Gasteiger partial charge in [-0.2, -0.15) is 0 Å². The molecule has 0 bridgehead atoms. The summed E-state index contributed by atoms with van der Waals surface area (Å²) < 4.78 is 7.23. The Labute approximate surface area is 186 Å². The van der Waals surface area contributed by atoms with Crippen molar-refractivity contribution in [2.75, 3.05) is 7.11 Å². The Kier molecular flexibility index (Phi) is 8.23. The first-order valence-electron chi connectivity index (χ1n) is 10.1. The van der Waals surface area contributed by atoms with Crippen molar-refractivity contribution in [3.8, 4) is 5.75 Å². The fourth-order valence-electron chi connectivity index (χ4n) is 2.84. The van der Waals surface area contributed by atoms with Crippen LogP contribution >= 0.6 is 11.8 Å². The van der Waals surface area contributed by atoms with Gasteiger partial charge in [-0.15, -0.1) is 10.2 Å². The number of aromatic nitrogens is 4. The SMILES string of the molecule is COc1ccc(C=CC(=O)NCc2nnc(SCc3ccncc3)n2CC(C)C)cc1.